The first-order valence-electron chi connectivity index (χ1n) is 7.02. The molecule has 0 aromatic heterocycles. The van der Waals surface area contributed by atoms with E-state index in [0.29, 0.717) is 18.4 Å². The molecule has 0 aliphatic carbocycles. The van der Waals surface area contributed by atoms with Gasteiger partial charge in [0.05, 0.1) is 6.61 Å². The maximum Gasteiger partial charge on any atom is 0.243 e. The van der Waals surface area contributed by atoms with Gasteiger partial charge in [-0.3, -0.25) is 0 Å². The fourth-order valence-corrected chi connectivity index (χ4v) is 3.25. The molecule has 0 spiro atoms. The van der Waals surface area contributed by atoms with Crippen molar-refractivity contribution in [2.24, 2.45) is 0 Å². The van der Waals surface area contributed by atoms with Crippen LogP contribution in [0.3, 0.4) is 0 Å². The molecule has 1 aliphatic heterocycles. The molecule has 112 valence electrons. The van der Waals surface area contributed by atoms with Crippen molar-refractivity contribution in [3.05, 3.63) is 24.3 Å². The van der Waals surface area contributed by atoms with Crippen LogP contribution in [0.25, 0.3) is 0 Å². The molecule has 0 radical (unpaired) electrons. The predicted octanol–water partition coefficient (Wildman–Crippen LogP) is 1.51. The molecule has 1 fully saturated rings. The first-order chi connectivity index (χ1) is 9.63. The molecule has 1 aromatic rings. The molecule has 0 saturated carbocycles. The number of sulfonamides is 1. The number of hydrogen-bond acceptors (Lipinski definition) is 4. The third-order valence-corrected chi connectivity index (χ3v) is 5.00. The van der Waals surface area contributed by atoms with Crippen molar-refractivity contribution in [2.45, 2.75) is 36.6 Å². The summed E-state index contributed by atoms with van der Waals surface area (Å²) in [4.78, 5) is 0.194. The normalized spacial score (nSPS) is 19.8. The second-order valence-corrected chi connectivity index (χ2v) is 6.79. The zero-order valence-corrected chi connectivity index (χ0v) is 12.6. The van der Waals surface area contributed by atoms with E-state index in [2.05, 4.69) is 10.0 Å². The summed E-state index contributed by atoms with van der Waals surface area (Å²) in [5, 5.41) is 3.45. The molecule has 1 unspecified atom stereocenters. The van der Waals surface area contributed by atoms with E-state index in [0.717, 1.165) is 13.0 Å². The first-order valence-corrected chi connectivity index (χ1v) is 8.50. The van der Waals surface area contributed by atoms with E-state index in [4.69, 9.17) is 4.74 Å². The summed E-state index contributed by atoms with van der Waals surface area (Å²) in [5.74, 6) is 0.414. The molecule has 20 heavy (non-hydrogen) atoms. The quantitative estimate of drug-likeness (QED) is 0.835. The fourth-order valence-electron chi connectivity index (χ4n) is 2.38. The summed E-state index contributed by atoms with van der Waals surface area (Å²) in [7, 11) is -2.07. The number of hydrogen-bond donors (Lipinski definition) is 2. The SMILES string of the molecule is CNS(=O)(=O)c1ccccc1OCCC1CCCCN1. The smallest absolute Gasteiger partial charge is 0.243 e. The van der Waals surface area contributed by atoms with Crippen LogP contribution in [0, 0.1) is 0 Å². The Morgan fingerprint density at radius 1 is 1.35 bits per heavy atom. The molecule has 1 heterocycles. The van der Waals surface area contributed by atoms with E-state index >= 15 is 0 Å². The Balaban J connectivity index is 1.95. The third-order valence-electron chi connectivity index (χ3n) is 3.54. The average Bonchev–Trinajstić information content (AvgIpc) is 2.49. The molecule has 0 amide bonds. The maximum atomic E-state index is 11.9. The van der Waals surface area contributed by atoms with Gasteiger partial charge < -0.3 is 10.1 Å². The Morgan fingerprint density at radius 2 is 2.15 bits per heavy atom. The Hall–Kier alpha value is -1.11. The van der Waals surface area contributed by atoms with Gasteiger partial charge in [-0.15, -0.1) is 0 Å². The molecular weight excluding hydrogens is 276 g/mol. The van der Waals surface area contributed by atoms with E-state index in [1.54, 1.807) is 24.3 Å². The molecule has 5 nitrogen and oxygen atoms in total. The van der Waals surface area contributed by atoms with Crippen LogP contribution in [0.15, 0.2) is 29.2 Å². The molecule has 2 rings (SSSR count). The lowest BCUT2D eigenvalue weighted by atomic mass is 10.0. The van der Waals surface area contributed by atoms with Crippen molar-refractivity contribution in [2.75, 3.05) is 20.2 Å². The molecule has 1 aliphatic rings. The van der Waals surface area contributed by atoms with E-state index in [1.165, 1.54) is 26.3 Å². The number of ether oxygens (including phenoxy) is 1. The highest BCUT2D eigenvalue weighted by molar-refractivity contribution is 7.89. The van der Waals surface area contributed by atoms with Crippen LogP contribution in [0.1, 0.15) is 25.7 Å². The number of rotatable bonds is 6. The molecular formula is C14H22N2O3S. The Morgan fingerprint density at radius 3 is 2.85 bits per heavy atom. The minimum absolute atomic E-state index is 0.194. The summed E-state index contributed by atoms with van der Waals surface area (Å²) in [6.45, 7) is 1.59. The van der Waals surface area contributed by atoms with Crippen molar-refractivity contribution in [3.63, 3.8) is 0 Å². The fraction of sp³-hybridized carbons (Fsp3) is 0.571. The van der Waals surface area contributed by atoms with Crippen LogP contribution >= 0.6 is 0 Å². The van der Waals surface area contributed by atoms with Crippen LogP contribution in [-0.4, -0.2) is 34.7 Å². The number of benzene rings is 1. The molecule has 6 heteroatoms. The van der Waals surface area contributed by atoms with Gasteiger partial charge in [0.2, 0.25) is 10.0 Å². The summed E-state index contributed by atoms with van der Waals surface area (Å²) >= 11 is 0. The van der Waals surface area contributed by atoms with Crippen LogP contribution in [0.4, 0.5) is 0 Å². The molecule has 1 saturated heterocycles. The second-order valence-electron chi connectivity index (χ2n) is 4.94. The summed E-state index contributed by atoms with van der Waals surface area (Å²) in [6.07, 6.45) is 4.55. The van der Waals surface area contributed by atoms with Gasteiger partial charge in [-0.05, 0) is 45.0 Å². The number of para-hydroxylation sites is 1. The summed E-state index contributed by atoms with van der Waals surface area (Å²) in [5.41, 5.74) is 0. The lowest BCUT2D eigenvalue weighted by Gasteiger charge is -2.23. The van der Waals surface area contributed by atoms with E-state index < -0.39 is 10.0 Å². The number of nitrogens with one attached hydrogen (secondary N) is 2. The van der Waals surface area contributed by atoms with Crippen molar-refractivity contribution < 1.29 is 13.2 Å². The minimum Gasteiger partial charge on any atom is -0.492 e. The van der Waals surface area contributed by atoms with E-state index in [-0.39, 0.29) is 4.90 Å². The molecule has 2 N–H and O–H groups in total. The molecule has 0 bridgehead atoms. The van der Waals surface area contributed by atoms with Gasteiger partial charge in [0.25, 0.3) is 0 Å². The van der Waals surface area contributed by atoms with Gasteiger partial charge in [-0.25, -0.2) is 13.1 Å². The Labute approximate surface area is 120 Å². The Bertz CT molecular complexity index is 525. The van der Waals surface area contributed by atoms with Crippen molar-refractivity contribution in [1.82, 2.24) is 10.0 Å². The lowest BCUT2D eigenvalue weighted by Crippen LogP contribution is -2.35. The summed E-state index contributed by atoms with van der Waals surface area (Å²) < 4.78 is 31.8. The topological polar surface area (TPSA) is 67.4 Å². The number of piperidine rings is 1. The Kier molecular flexibility index (Phi) is 5.39. The summed E-state index contributed by atoms with van der Waals surface area (Å²) in [6, 6.07) is 7.21. The zero-order chi connectivity index (χ0) is 14.4. The van der Waals surface area contributed by atoms with Crippen LogP contribution in [0.5, 0.6) is 5.75 Å². The maximum absolute atomic E-state index is 11.9. The van der Waals surface area contributed by atoms with Gasteiger partial charge >= 0.3 is 0 Å². The average molecular weight is 298 g/mol. The van der Waals surface area contributed by atoms with Gasteiger partial charge in [0.1, 0.15) is 10.6 Å². The predicted molar refractivity (Wildman–Crippen MR) is 78.4 cm³/mol. The first kappa shape index (κ1) is 15.3. The van der Waals surface area contributed by atoms with Crippen molar-refractivity contribution in [3.8, 4) is 5.75 Å². The van der Waals surface area contributed by atoms with Crippen molar-refractivity contribution >= 4 is 10.0 Å². The van der Waals surface area contributed by atoms with E-state index in [1.807, 2.05) is 0 Å². The van der Waals surface area contributed by atoms with Crippen LogP contribution in [0.2, 0.25) is 0 Å². The zero-order valence-electron chi connectivity index (χ0n) is 11.8. The lowest BCUT2D eigenvalue weighted by molar-refractivity contribution is 0.263. The van der Waals surface area contributed by atoms with Gasteiger partial charge in [0, 0.05) is 6.04 Å². The van der Waals surface area contributed by atoms with Gasteiger partial charge in [0.15, 0.2) is 0 Å². The highest BCUT2D eigenvalue weighted by Crippen LogP contribution is 2.23. The van der Waals surface area contributed by atoms with Crippen LogP contribution < -0.4 is 14.8 Å². The largest absolute Gasteiger partial charge is 0.492 e. The van der Waals surface area contributed by atoms with Crippen molar-refractivity contribution in [1.29, 1.82) is 0 Å². The standard InChI is InChI=1S/C14H22N2O3S/c1-15-20(17,18)14-8-3-2-7-13(14)19-11-9-12-6-4-5-10-16-12/h2-3,7-8,12,15-16H,4-6,9-11H2,1H3. The van der Waals surface area contributed by atoms with E-state index in [9.17, 15) is 8.42 Å². The molecule has 1 aromatic carbocycles. The van der Waals surface area contributed by atoms with Gasteiger partial charge in [-0.2, -0.15) is 0 Å². The van der Waals surface area contributed by atoms with Gasteiger partial charge in [-0.1, -0.05) is 18.6 Å². The van der Waals surface area contributed by atoms with Crippen LogP contribution in [-0.2, 0) is 10.0 Å². The second kappa shape index (κ2) is 7.06. The highest BCUT2D eigenvalue weighted by Gasteiger charge is 2.18. The highest BCUT2D eigenvalue weighted by atomic mass is 32.2. The molecule has 1 atom stereocenters. The monoisotopic (exact) mass is 298 g/mol. The third kappa shape index (κ3) is 3.94. The minimum atomic E-state index is -3.47.